The molecule has 0 bridgehead atoms. The summed E-state index contributed by atoms with van der Waals surface area (Å²) in [6.07, 6.45) is 0. The molecule has 7 heteroatoms. The highest BCUT2D eigenvalue weighted by atomic mass is 32.2. The number of hydrazine groups is 1. The summed E-state index contributed by atoms with van der Waals surface area (Å²) < 4.78 is 28.5. The van der Waals surface area contributed by atoms with Gasteiger partial charge in [-0.1, -0.05) is 0 Å². The number of sulfonamides is 1. The van der Waals surface area contributed by atoms with Gasteiger partial charge in [-0.25, -0.2) is 13.4 Å². The highest BCUT2D eigenvalue weighted by Crippen LogP contribution is 2.24. The van der Waals surface area contributed by atoms with E-state index in [1.165, 1.54) is 30.3 Å². The summed E-state index contributed by atoms with van der Waals surface area (Å²) in [7, 11) is 1.04. The van der Waals surface area contributed by atoms with Crippen LogP contribution in [0.3, 0.4) is 0 Å². The van der Waals surface area contributed by atoms with E-state index >= 15 is 0 Å². The van der Waals surface area contributed by atoms with Crippen LogP contribution >= 0.6 is 0 Å². The summed E-state index contributed by atoms with van der Waals surface area (Å²) >= 11 is 0. The molecule has 0 heterocycles. The summed E-state index contributed by atoms with van der Waals surface area (Å²) in [5.41, 5.74) is 5.99. The van der Waals surface area contributed by atoms with Crippen LogP contribution in [0.2, 0.25) is 0 Å². The van der Waals surface area contributed by atoms with Gasteiger partial charge in [-0.3, -0.25) is 0 Å². The Morgan fingerprint density at radius 1 is 1.38 bits per heavy atom. The van der Waals surface area contributed by atoms with Crippen molar-refractivity contribution in [3.8, 4) is 5.75 Å². The second-order valence-electron chi connectivity index (χ2n) is 3.39. The molecular weight excluding hydrogens is 230 g/mol. The number of hydrogen-bond donors (Lipinski definition) is 2. The highest BCUT2D eigenvalue weighted by Gasteiger charge is 2.16. The SMILES string of the molecule is COc1cc(S(=O)(=O)NN(C)C)ccc1N. The van der Waals surface area contributed by atoms with Gasteiger partial charge in [0.2, 0.25) is 0 Å². The van der Waals surface area contributed by atoms with Crippen LogP contribution in [0.4, 0.5) is 5.69 Å². The molecule has 1 rings (SSSR count). The number of nitrogen functional groups attached to an aromatic ring is 1. The number of rotatable bonds is 4. The monoisotopic (exact) mass is 245 g/mol. The summed E-state index contributed by atoms with van der Waals surface area (Å²) in [6, 6.07) is 4.29. The summed E-state index contributed by atoms with van der Waals surface area (Å²) in [5.74, 6) is 0.335. The molecule has 0 saturated heterocycles. The Kier molecular flexibility index (Phi) is 3.74. The van der Waals surface area contributed by atoms with E-state index in [9.17, 15) is 8.42 Å². The van der Waals surface area contributed by atoms with Gasteiger partial charge in [0, 0.05) is 20.2 Å². The lowest BCUT2D eigenvalue weighted by Crippen LogP contribution is -2.36. The number of nitrogens with zero attached hydrogens (tertiary/aromatic N) is 1. The highest BCUT2D eigenvalue weighted by molar-refractivity contribution is 7.89. The van der Waals surface area contributed by atoms with Crippen molar-refractivity contribution in [3.05, 3.63) is 18.2 Å². The standard InChI is InChI=1S/C9H15N3O3S/c1-12(2)11-16(13,14)7-4-5-8(10)9(6-7)15-3/h4-6,11H,10H2,1-3H3. The fourth-order valence-corrected chi connectivity index (χ4v) is 2.25. The molecule has 0 spiro atoms. The van der Waals surface area contributed by atoms with Crippen molar-refractivity contribution in [1.29, 1.82) is 0 Å². The molecule has 0 atom stereocenters. The lowest BCUT2D eigenvalue weighted by atomic mass is 10.3. The zero-order valence-electron chi connectivity index (χ0n) is 9.39. The topological polar surface area (TPSA) is 84.7 Å². The Morgan fingerprint density at radius 3 is 2.50 bits per heavy atom. The second-order valence-corrected chi connectivity index (χ2v) is 5.05. The van der Waals surface area contributed by atoms with Crippen molar-refractivity contribution < 1.29 is 13.2 Å². The maximum Gasteiger partial charge on any atom is 0.253 e. The van der Waals surface area contributed by atoms with Gasteiger partial charge in [0.25, 0.3) is 10.0 Å². The molecule has 0 saturated carbocycles. The van der Waals surface area contributed by atoms with Crippen LogP contribution in [-0.2, 0) is 10.0 Å². The largest absolute Gasteiger partial charge is 0.495 e. The Bertz CT molecular complexity index is 471. The number of hydrogen-bond acceptors (Lipinski definition) is 5. The second kappa shape index (κ2) is 4.69. The minimum atomic E-state index is -3.57. The lowest BCUT2D eigenvalue weighted by molar-refractivity contribution is 0.363. The average Bonchev–Trinajstić information content (AvgIpc) is 2.16. The third kappa shape index (κ3) is 2.84. The van der Waals surface area contributed by atoms with Gasteiger partial charge in [-0.15, -0.1) is 4.83 Å². The first-order chi connectivity index (χ1) is 7.36. The Hall–Kier alpha value is -1.31. The first-order valence-corrected chi connectivity index (χ1v) is 5.98. The van der Waals surface area contributed by atoms with Gasteiger partial charge in [-0.05, 0) is 12.1 Å². The van der Waals surface area contributed by atoms with Crippen molar-refractivity contribution in [3.63, 3.8) is 0 Å². The number of nitrogens with one attached hydrogen (secondary N) is 1. The van der Waals surface area contributed by atoms with Crippen LogP contribution in [0.1, 0.15) is 0 Å². The quantitative estimate of drug-likeness (QED) is 0.577. The van der Waals surface area contributed by atoms with Gasteiger partial charge in [0.15, 0.2) is 0 Å². The zero-order valence-corrected chi connectivity index (χ0v) is 10.2. The Labute approximate surface area is 95.0 Å². The number of methoxy groups -OCH3 is 1. The Balaban J connectivity index is 3.14. The van der Waals surface area contributed by atoms with Crippen LogP contribution in [0.15, 0.2) is 23.1 Å². The van der Waals surface area contributed by atoms with E-state index in [0.717, 1.165) is 0 Å². The molecule has 0 fully saturated rings. The van der Waals surface area contributed by atoms with Gasteiger partial charge in [0.1, 0.15) is 5.75 Å². The van der Waals surface area contributed by atoms with Crippen LogP contribution in [0.25, 0.3) is 0 Å². The molecule has 0 aliphatic carbocycles. The molecule has 6 nitrogen and oxygen atoms in total. The fourth-order valence-electron chi connectivity index (χ4n) is 1.15. The predicted molar refractivity (Wildman–Crippen MR) is 61.4 cm³/mol. The Morgan fingerprint density at radius 2 is 2.00 bits per heavy atom. The number of benzene rings is 1. The third-order valence-corrected chi connectivity index (χ3v) is 3.30. The van der Waals surface area contributed by atoms with E-state index in [2.05, 4.69) is 4.83 Å². The van der Waals surface area contributed by atoms with Gasteiger partial charge >= 0.3 is 0 Å². The van der Waals surface area contributed by atoms with E-state index in [0.29, 0.717) is 11.4 Å². The van der Waals surface area contributed by atoms with Crippen LogP contribution in [0, 0.1) is 0 Å². The lowest BCUT2D eigenvalue weighted by Gasteiger charge is -2.13. The van der Waals surface area contributed by atoms with Crippen molar-refractivity contribution in [2.75, 3.05) is 26.9 Å². The van der Waals surface area contributed by atoms with Gasteiger partial charge in [-0.2, -0.15) is 0 Å². The number of ether oxygens (including phenoxy) is 1. The van der Waals surface area contributed by atoms with Crippen molar-refractivity contribution >= 4 is 15.7 Å². The molecule has 3 N–H and O–H groups in total. The van der Waals surface area contributed by atoms with Gasteiger partial charge in [0.05, 0.1) is 17.7 Å². The number of anilines is 1. The maximum atomic E-state index is 11.8. The summed E-state index contributed by atoms with van der Waals surface area (Å²) in [6.45, 7) is 0. The van der Waals surface area contributed by atoms with Crippen molar-refractivity contribution in [1.82, 2.24) is 9.84 Å². The minimum Gasteiger partial charge on any atom is -0.495 e. The summed E-state index contributed by atoms with van der Waals surface area (Å²) in [4.78, 5) is 2.42. The van der Waals surface area contributed by atoms with E-state index in [1.807, 2.05) is 0 Å². The van der Waals surface area contributed by atoms with Crippen molar-refractivity contribution in [2.45, 2.75) is 4.90 Å². The average molecular weight is 245 g/mol. The predicted octanol–water partition coefficient (Wildman–Crippen LogP) is 0.0323. The molecule has 0 aliphatic heterocycles. The van der Waals surface area contributed by atoms with E-state index in [-0.39, 0.29) is 4.90 Å². The molecule has 0 radical (unpaired) electrons. The first-order valence-electron chi connectivity index (χ1n) is 4.50. The molecule has 90 valence electrons. The molecule has 0 aliphatic rings. The van der Waals surface area contributed by atoms with E-state index in [1.54, 1.807) is 14.1 Å². The van der Waals surface area contributed by atoms with Crippen molar-refractivity contribution in [2.24, 2.45) is 0 Å². The summed E-state index contributed by atoms with van der Waals surface area (Å²) in [5, 5.41) is 1.35. The van der Waals surface area contributed by atoms with Crippen LogP contribution in [-0.4, -0.2) is 34.6 Å². The molecular formula is C9H15N3O3S. The minimum absolute atomic E-state index is 0.104. The zero-order chi connectivity index (χ0) is 12.3. The third-order valence-electron chi connectivity index (χ3n) is 1.82. The molecule has 1 aromatic carbocycles. The first kappa shape index (κ1) is 12.8. The molecule has 16 heavy (non-hydrogen) atoms. The number of nitrogens with two attached hydrogens (primary N) is 1. The molecule has 0 amide bonds. The fraction of sp³-hybridized carbons (Fsp3) is 0.333. The van der Waals surface area contributed by atoms with E-state index < -0.39 is 10.0 Å². The maximum absolute atomic E-state index is 11.8. The molecule has 0 aromatic heterocycles. The normalized spacial score (nSPS) is 11.8. The molecule has 0 unspecified atom stereocenters. The van der Waals surface area contributed by atoms with Gasteiger partial charge < -0.3 is 10.5 Å². The smallest absolute Gasteiger partial charge is 0.253 e. The van der Waals surface area contributed by atoms with Crippen LogP contribution < -0.4 is 15.3 Å². The molecule has 1 aromatic rings. The van der Waals surface area contributed by atoms with Crippen LogP contribution in [0.5, 0.6) is 5.75 Å². The van der Waals surface area contributed by atoms with E-state index in [4.69, 9.17) is 10.5 Å².